The van der Waals surface area contributed by atoms with Crippen molar-refractivity contribution < 1.29 is 18.0 Å². The van der Waals surface area contributed by atoms with Gasteiger partial charge in [-0.1, -0.05) is 18.2 Å². The number of benzene rings is 2. The molecule has 0 saturated heterocycles. The molecule has 134 valence electrons. The minimum Gasteiger partial charge on any atom is -0.398 e. The van der Waals surface area contributed by atoms with Crippen LogP contribution in [0, 0.1) is 0 Å². The van der Waals surface area contributed by atoms with Gasteiger partial charge < -0.3 is 16.4 Å². The number of halogens is 3. The third kappa shape index (κ3) is 4.15. The summed E-state index contributed by atoms with van der Waals surface area (Å²) in [5, 5.41) is 8.73. The predicted molar refractivity (Wildman–Crippen MR) is 98.3 cm³/mol. The van der Waals surface area contributed by atoms with E-state index in [4.69, 9.17) is 5.73 Å². The monoisotopic (exact) mass is 377 g/mol. The van der Waals surface area contributed by atoms with Crippen molar-refractivity contribution in [2.45, 2.75) is 6.18 Å². The van der Waals surface area contributed by atoms with E-state index in [0.29, 0.717) is 11.4 Å². The van der Waals surface area contributed by atoms with Crippen LogP contribution >= 0.6 is 11.3 Å². The number of alkyl halides is 3. The Balaban J connectivity index is 1.66. The molecule has 1 aromatic heterocycles. The predicted octanol–water partition coefficient (Wildman–Crippen LogP) is 5.66. The highest BCUT2D eigenvalue weighted by atomic mass is 32.1. The van der Waals surface area contributed by atoms with Gasteiger partial charge in [-0.2, -0.15) is 13.2 Å². The third-order valence-corrected chi connectivity index (χ3v) is 4.36. The molecule has 8 heteroatoms. The largest absolute Gasteiger partial charge is 0.416 e. The topological polar surface area (TPSA) is 67.1 Å². The van der Waals surface area contributed by atoms with Crippen molar-refractivity contribution in [1.29, 1.82) is 0 Å². The van der Waals surface area contributed by atoms with Crippen LogP contribution < -0.4 is 16.4 Å². The molecule has 0 radical (unpaired) electrons. The Morgan fingerprint density at radius 3 is 2.27 bits per heavy atom. The van der Waals surface area contributed by atoms with Gasteiger partial charge in [-0.3, -0.25) is 0 Å². The highest BCUT2D eigenvalue weighted by Gasteiger charge is 2.30. The zero-order valence-corrected chi connectivity index (χ0v) is 14.1. The zero-order valence-electron chi connectivity index (χ0n) is 13.3. The molecule has 4 N–H and O–H groups in total. The van der Waals surface area contributed by atoms with Crippen molar-refractivity contribution in [3.63, 3.8) is 0 Å². The summed E-state index contributed by atoms with van der Waals surface area (Å²) >= 11 is 1.50. The first-order valence-corrected chi connectivity index (χ1v) is 8.44. The van der Waals surface area contributed by atoms with Crippen molar-refractivity contribution in [2.75, 3.05) is 16.4 Å². The van der Waals surface area contributed by atoms with Gasteiger partial charge in [0.15, 0.2) is 0 Å². The van der Waals surface area contributed by atoms with Crippen LogP contribution in [0.5, 0.6) is 0 Å². The van der Waals surface area contributed by atoms with Gasteiger partial charge in [0.2, 0.25) is 0 Å². The standard InChI is InChI=1S/C18H14F3N3OS/c19-18(20,21)12-2-1-3-14(8-12)24-17(25)23-13-6-4-11(5-7-13)15-9-26-10-16(15)22/h1-10H,22H2,(H2,23,24,25). The van der Waals surface area contributed by atoms with Crippen molar-refractivity contribution >= 4 is 34.4 Å². The van der Waals surface area contributed by atoms with Gasteiger partial charge in [-0.25, -0.2) is 4.79 Å². The molecule has 0 aliphatic rings. The second-order valence-electron chi connectivity index (χ2n) is 5.48. The molecule has 0 atom stereocenters. The van der Waals surface area contributed by atoms with Crippen molar-refractivity contribution in [1.82, 2.24) is 0 Å². The molecule has 3 rings (SSSR count). The average Bonchev–Trinajstić information content (AvgIpc) is 3.01. The minimum absolute atomic E-state index is 0.0555. The van der Waals surface area contributed by atoms with E-state index in [2.05, 4.69) is 10.6 Å². The molecular formula is C18H14F3N3OS. The lowest BCUT2D eigenvalue weighted by Crippen LogP contribution is -2.19. The van der Waals surface area contributed by atoms with Crippen molar-refractivity contribution in [3.8, 4) is 11.1 Å². The summed E-state index contributed by atoms with van der Waals surface area (Å²) in [6, 6.07) is 10.8. The van der Waals surface area contributed by atoms with Crippen LogP contribution in [0.25, 0.3) is 11.1 Å². The Morgan fingerprint density at radius 1 is 0.962 bits per heavy atom. The first-order valence-electron chi connectivity index (χ1n) is 7.50. The van der Waals surface area contributed by atoms with E-state index in [0.717, 1.165) is 23.3 Å². The van der Waals surface area contributed by atoms with Crippen LogP contribution in [0.4, 0.5) is 35.0 Å². The van der Waals surface area contributed by atoms with Gasteiger partial charge >= 0.3 is 12.2 Å². The molecule has 26 heavy (non-hydrogen) atoms. The summed E-state index contributed by atoms with van der Waals surface area (Å²) in [4.78, 5) is 12.0. The second-order valence-corrected chi connectivity index (χ2v) is 6.22. The summed E-state index contributed by atoms with van der Waals surface area (Å²) in [7, 11) is 0. The number of anilines is 3. The first kappa shape index (κ1) is 17.8. The quantitative estimate of drug-likeness (QED) is 0.551. The minimum atomic E-state index is -4.46. The second kappa shape index (κ2) is 7.09. The Bertz CT molecular complexity index is 920. The van der Waals surface area contributed by atoms with Crippen molar-refractivity contribution in [3.05, 3.63) is 64.9 Å². The Labute approximate surface area is 151 Å². The molecule has 0 fully saturated rings. The smallest absolute Gasteiger partial charge is 0.398 e. The molecule has 2 aromatic carbocycles. The molecule has 0 saturated carbocycles. The van der Waals surface area contributed by atoms with Crippen LogP contribution in [0.2, 0.25) is 0 Å². The SMILES string of the molecule is Nc1cscc1-c1ccc(NC(=O)Nc2cccc(C(F)(F)F)c2)cc1. The van der Waals surface area contributed by atoms with E-state index >= 15 is 0 Å². The highest BCUT2D eigenvalue weighted by Crippen LogP contribution is 2.31. The van der Waals surface area contributed by atoms with Gasteiger partial charge in [-0.15, -0.1) is 11.3 Å². The fourth-order valence-electron chi connectivity index (χ4n) is 2.34. The number of hydrogen-bond acceptors (Lipinski definition) is 3. The van der Waals surface area contributed by atoms with Crippen LogP contribution in [0.15, 0.2) is 59.3 Å². The maximum absolute atomic E-state index is 12.7. The highest BCUT2D eigenvalue weighted by molar-refractivity contribution is 7.08. The van der Waals surface area contributed by atoms with E-state index in [1.165, 1.54) is 23.5 Å². The third-order valence-electron chi connectivity index (χ3n) is 3.59. The lowest BCUT2D eigenvalue weighted by atomic mass is 10.1. The summed E-state index contributed by atoms with van der Waals surface area (Å²) in [5.74, 6) is 0. The number of nitrogen functional groups attached to an aromatic ring is 1. The fourth-order valence-corrected chi connectivity index (χ4v) is 3.09. The molecule has 1 heterocycles. The van der Waals surface area contributed by atoms with E-state index in [1.807, 2.05) is 10.8 Å². The number of nitrogens with one attached hydrogen (secondary N) is 2. The lowest BCUT2D eigenvalue weighted by molar-refractivity contribution is -0.137. The fraction of sp³-hybridized carbons (Fsp3) is 0.0556. The van der Waals surface area contributed by atoms with Gasteiger partial charge in [-0.05, 0) is 35.9 Å². The number of amides is 2. The van der Waals surface area contributed by atoms with Gasteiger partial charge in [0.05, 0.1) is 11.3 Å². The van der Waals surface area contributed by atoms with Crippen LogP contribution in [-0.4, -0.2) is 6.03 Å². The normalized spacial score (nSPS) is 11.2. The first-order chi connectivity index (χ1) is 12.3. The van der Waals surface area contributed by atoms with Crippen molar-refractivity contribution in [2.24, 2.45) is 0 Å². The van der Waals surface area contributed by atoms with E-state index in [9.17, 15) is 18.0 Å². The Kier molecular flexibility index (Phi) is 4.85. The number of carbonyl (C=O) groups is 1. The maximum atomic E-state index is 12.7. The van der Waals surface area contributed by atoms with Crippen LogP contribution in [0.3, 0.4) is 0 Å². The number of rotatable bonds is 3. The molecule has 0 aliphatic carbocycles. The molecular weight excluding hydrogens is 363 g/mol. The summed E-state index contributed by atoms with van der Waals surface area (Å²) in [6.07, 6.45) is -4.46. The number of carbonyl (C=O) groups excluding carboxylic acids is 1. The maximum Gasteiger partial charge on any atom is 0.416 e. The van der Waals surface area contributed by atoms with Gasteiger partial charge in [0.25, 0.3) is 0 Å². The molecule has 0 aliphatic heterocycles. The number of thiophene rings is 1. The molecule has 0 unspecified atom stereocenters. The summed E-state index contributed by atoms with van der Waals surface area (Å²) in [6.45, 7) is 0. The number of hydrogen-bond donors (Lipinski definition) is 3. The van der Waals surface area contributed by atoms with E-state index in [-0.39, 0.29) is 5.69 Å². The van der Waals surface area contributed by atoms with E-state index < -0.39 is 17.8 Å². The van der Waals surface area contributed by atoms with Crippen LogP contribution in [-0.2, 0) is 6.18 Å². The zero-order chi connectivity index (χ0) is 18.7. The summed E-state index contributed by atoms with van der Waals surface area (Å²) < 4.78 is 38.1. The number of urea groups is 1. The van der Waals surface area contributed by atoms with E-state index in [1.54, 1.807) is 24.3 Å². The lowest BCUT2D eigenvalue weighted by Gasteiger charge is -2.11. The molecule has 2 amide bonds. The Morgan fingerprint density at radius 2 is 1.65 bits per heavy atom. The Hall–Kier alpha value is -3.00. The average molecular weight is 377 g/mol. The molecule has 0 bridgehead atoms. The summed E-state index contributed by atoms with van der Waals surface area (Å²) in [5.41, 5.74) is 8.11. The molecule has 3 aromatic rings. The molecule has 0 spiro atoms. The number of nitrogens with two attached hydrogens (primary N) is 1. The van der Waals surface area contributed by atoms with Gasteiger partial charge in [0, 0.05) is 27.7 Å². The molecule has 4 nitrogen and oxygen atoms in total. The van der Waals surface area contributed by atoms with Crippen LogP contribution in [0.1, 0.15) is 5.56 Å². The van der Waals surface area contributed by atoms with Gasteiger partial charge in [0.1, 0.15) is 0 Å².